The highest BCUT2D eigenvalue weighted by atomic mass is 19.1. The molecular weight excluding hydrogens is 397 g/mol. The molecule has 0 fully saturated rings. The highest BCUT2D eigenvalue weighted by molar-refractivity contribution is 5.82. The molecule has 8 nitrogen and oxygen atoms in total. The van der Waals surface area contributed by atoms with Crippen molar-refractivity contribution < 1.29 is 4.39 Å². The van der Waals surface area contributed by atoms with Crippen molar-refractivity contribution in [1.29, 1.82) is 0 Å². The summed E-state index contributed by atoms with van der Waals surface area (Å²) < 4.78 is 16.3. The Balaban J connectivity index is 1.74. The van der Waals surface area contributed by atoms with Gasteiger partial charge in [0.1, 0.15) is 23.3 Å². The molecule has 0 spiro atoms. The lowest BCUT2D eigenvalue weighted by Crippen LogP contribution is -2.24. The van der Waals surface area contributed by atoms with E-state index in [1.807, 2.05) is 26.0 Å². The van der Waals surface area contributed by atoms with Gasteiger partial charge in [0.25, 0.3) is 5.56 Å². The number of aromatic amines is 1. The molecule has 4 aromatic heterocycles. The van der Waals surface area contributed by atoms with Gasteiger partial charge < -0.3 is 10.3 Å². The Morgan fingerprint density at radius 3 is 2.77 bits per heavy atom. The fourth-order valence-electron chi connectivity index (χ4n) is 3.73. The zero-order chi connectivity index (χ0) is 21.5. The standard InChI is InChI=1S/C22H18FN7O/c1-12-6-5-9-16-29-18(13(2)28-21-19-20(25-10-24-19)26-11-27-21)17(22(31)30(12)16)14-7-3-4-8-15(14)23/h3-11,13H,1-2H3,(H2,24,25,26,27,28). The van der Waals surface area contributed by atoms with Crippen molar-refractivity contribution >= 4 is 22.6 Å². The zero-order valence-electron chi connectivity index (χ0n) is 16.8. The minimum absolute atomic E-state index is 0.203. The van der Waals surface area contributed by atoms with Gasteiger partial charge in [-0.1, -0.05) is 24.3 Å². The molecule has 5 rings (SSSR count). The molecule has 9 heteroatoms. The molecule has 2 N–H and O–H groups in total. The molecule has 0 aliphatic rings. The topological polar surface area (TPSA) is 101 Å². The second-order valence-corrected chi connectivity index (χ2v) is 7.21. The summed E-state index contributed by atoms with van der Waals surface area (Å²) >= 11 is 0. The van der Waals surface area contributed by atoms with Crippen LogP contribution in [0.15, 0.2) is 59.9 Å². The van der Waals surface area contributed by atoms with Crippen LogP contribution in [0.3, 0.4) is 0 Å². The van der Waals surface area contributed by atoms with Gasteiger partial charge in [-0.15, -0.1) is 0 Å². The predicted molar refractivity (Wildman–Crippen MR) is 115 cm³/mol. The average Bonchev–Trinajstić information content (AvgIpc) is 3.24. The zero-order valence-corrected chi connectivity index (χ0v) is 16.8. The van der Waals surface area contributed by atoms with E-state index < -0.39 is 11.9 Å². The van der Waals surface area contributed by atoms with Crippen LogP contribution < -0.4 is 10.9 Å². The van der Waals surface area contributed by atoms with E-state index in [2.05, 4.69) is 25.3 Å². The summed E-state index contributed by atoms with van der Waals surface area (Å²) in [6, 6.07) is 11.1. The number of benzene rings is 1. The Kier molecular flexibility index (Phi) is 4.43. The van der Waals surface area contributed by atoms with Crippen LogP contribution in [0.2, 0.25) is 0 Å². The first kappa shape index (κ1) is 18.9. The molecule has 0 saturated carbocycles. The number of hydrogen-bond donors (Lipinski definition) is 2. The third kappa shape index (κ3) is 3.10. The lowest BCUT2D eigenvalue weighted by atomic mass is 10.0. The van der Waals surface area contributed by atoms with Crippen LogP contribution in [-0.4, -0.2) is 29.3 Å². The number of imidazole rings is 1. The van der Waals surface area contributed by atoms with E-state index >= 15 is 0 Å². The van der Waals surface area contributed by atoms with Crippen LogP contribution in [0.5, 0.6) is 0 Å². The van der Waals surface area contributed by atoms with E-state index in [1.54, 1.807) is 24.3 Å². The maximum Gasteiger partial charge on any atom is 0.266 e. The molecule has 1 unspecified atom stereocenters. The minimum Gasteiger partial charge on any atom is -0.360 e. The van der Waals surface area contributed by atoms with Crippen molar-refractivity contribution in [2.45, 2.75) is 19.9 Å². The first-order valence-corrected chi connectivity index (χ1v) is 9.72. The van der Waals surface area contributed by atoms with Gasteiger partial charge >= 0.3 is 0 Å². The van der Waals surface area contributed by atoms with Gasteiger partial charge in [-0.25, -0.2) is 24.3 Å². The van der Waals surface area contributed by atoms with Crippen LogP contribution in [0.25, 0.3) is 27.9 Å². The second kappa shape index (κ2) is 7.28. The third-order valence-corrected chi connectivity index (χ3v) is 5.20. The fraction of sp³-hybridized carbons (Fsp3) is 0.136. The number of aryl methyl sites for hydroxylation is 1. The van der Waals surface area contributed by atoms with Crippen molar-refractivity contribution in [2.24, 2.45) is 0 Å². The van der Waals surface area contributed by atoms with Crippen molar-refractivity contribution in [1.82, 2.24) is 29.3 Å². The molecule has 5 aromatic rings. The largest absolute Gasteiger partial charge is 0.360 e. The van der Waals surface area contributed by atoms with Gasteiger partial charge in [-0.2, -0.15) is 0 Å². The first-order valence-electron chi connectivity index (χ1n) is 9.72. The molecule has 1 aromatic carbocycles. The number of aromatic nitrogens is 6. The molecule has 0 radical (unpaired) electrons. The van der Waals surface area contributed by atoms with Crippen LogP contribution in [0.1, 0.15) is 24.4 Å². The fourth-order valence-corrected chi connectivity index (χ4v) is 3.73. The van der Waals surface area contributed by atoms with Gasteiger partial charge in [0.05, 0.1) is 23.6 Å². The van der Waals surface area contributed by atoms with Crippen molar-refractivity contribution in [3.63, 3.8) is 0 Å². The Labute approximate surface area is 175 Å². The Morgan fingerprint density at radius 1 is 1.10 bits per heavy atom. The number of pyridine rings is 1. The number of hydrogen-bond acceptors (Lipinski definition) is 6. The van der Waals surface area contributed by atoms with E-state index in [0.29, 0.717) is 34.0 Å². The lowest BCUT2D eigenvalue weighted by Gasteiger charge is -2.19. The molecule has 0 aliphatic heterocycles. The third-order valence-electron chi connectivity index (χ3n) is 5.20. The van der Waals surface area contributed by atoms with E-state index in [-0.39, 0.29) is 16.7 Å². The molecule has 31 heavy (non-hydrogen) atoms. The smallest absolute Gasteiger partial charge is 0.266 e. The SMILES string of the molecule is Cc1cccc2nc(C(C)Nc3ncnc4[nH]cnc34)c(-c3ccccc3F)c(=O)n12. The molecular formula is C22H18FN7O. The summed E-state index contributed by atoms with van der Waals surface area (Å²) in [7, 11) is 0. The lowest BCUT2D eigenvalue weighted by molar-refractivity contribution is 0.630. The highest BCUT2D eigenvalue weighted by Gasteiger charge is 2.23. The molecule has 0 amide bonds. The van der Waals surface area contributed by atoms with Crippen molar-refractivity contribution in [2.75, 3.05) is 5.32 Å². The Bertz CT molecular complexity index is 1490. The molecule has 154 valence electrons. The van der Waals surface area contributed by atoms with E-state index in [4.69, 9.17) is 4.98 Å². The molecule has 0 saturated heterocycles. The van der Waals surface area contributed by atoms with E-state index in [1.165, 1.54) is 23.1 Å². The van der Waals surface area contributed by atoms with Gasteiger partial charge in [0.15, 0.2) is 11.5 Å². The summed E-state index contributed by atoms with van der Waals surface area (Å²) in [6.07, 6.45) is 2.95. The predicted octanol–water partition coefficient (Wildman–Crippen LogP) is 3.65. The number of anilines is 1. The normalized spacial score (nSPS) is 12.4. The van der Waals surface area contributed by atoms with Crippen LogP contribution in [0, 0.1) is 12.7 Å². The maximum absolute atomic E-state index is 14.8. The first-order chi connectivity index (χ1) is 15.0. The maximum atomic E-state index is 14.8. The molecule has 4 heterocycles. The van der Waals surface area contributed by atoms with Gasteiger partial charge in [-0.05, 0) is 32.0 Å². The monoisotopic (exact) mass is 415 g/mol. The summed E-state index contributed by atoms with van der Waals surface area (Å²) in [5, 5.41) is 3.26. The average molecular weight is 415 g/mol. The van der Waals surface area contributed by atoms with Gasteiger partial charge in [-0.3, -0.25) is 9.20 Å². The summed E-state index contributed by atoms with van der Waals surface area (Å²) in [4.78, 5) is 33.9. The molecule has 1 atom stereocenters. The minimum atomic E-state index is -0.486. The summed E-state index contributed by atoms with van der Waals surface area (Å²) in [5.74, 6) is 0.00425. The van der Waals surface area contributed by atoms with Crippen molar-refractivity contribution in [3.8, 4) is 11.1 Å². The second-order valence-electron chi connectivity index (χ2n) is 7.21. The van der Waals surface area contributed by atoms with Crippen LogP contribution >= 0.6 is 0 Å². The summed E-state index contributed by atoms with van der Waals surface area (Å²) in [6.45, 7) is 3.66. The number of nitrogens with zero attached hydrogens (tertiary/aromatic N) is 5. The van der Waals surface area contributed by atoms with E-state index in [0.717, 1.165) is 0 Å². The van der Waals surface area contributed by atoms with Gasteiger partial charge in [0.2, 0.25) is 0 Å². The Hall–Kier alpha value is -4.14. The number of rotatable bonds is 4. The Morgan fingerprint density at radius 2 is 1.94 bits per heavy atom. The number of halogens is 1. The summed E-state index contributed by atoms with van der Waals surface area (Å²) in [5.41, 5.74) is 2.85. The quantitative estimate of drug-likeness (QED) is 0.465. The van der Waals surface area contributed by atoms with Crippen molar-refractivity contribution in [3.05, 3.63) is 82.7 Å². The number of fused-ring (bicyclic) bond motifs is 2. The molecule has 0 aliphatic carbocycles. The number of H-pyrrole nitrogens is 1. The number of nitrogens with one attached hydrogen (secondary N) is 2. The van der Waals surface area contributed by atoms with Gasteiger partial charge in [0, 0.05) is 11.3 Å². The van der Waals surface area contributed by atoms with E-state index in [9.17, 15) is 9.18 Å². The van der Waals surface area contributed by atoms with Crippen LogP contribution in [-0.2, 0) is 0 Å². The van der Waals surface area contributed by atoms with Crippen LogP contribution in [0.4, 0.5) is 10.2 Å². The molecule has 0 bridgehead atoms. The highest BCUT2D eigenvalue weighted by Crippen LogP contribution is 2.29.